The normalized spacial score (nSPS) is 24.0. The maximum absolute atomic E-state index is 3.74. The molecule has 1 aromatic carbocycles. The molecule has 2 nitrogen and oxygen atoms in total. The van der Waals surface area contributed by atoms with E-state index >= 15 is 0 Å². The Bertz CT molecular complexity index is 461. The summed E-state index contributed by atoms with van der Waals surface area (Å²) in [5, 5.41) is 3.74. The molecule has 0 spiro atoms. The minimum Gasteiger partial charge on any atom is -0.309 e. The molecule has 0 amide bonds. The maximum atomic E-state index is 3.74. The Kier molecular flexibility index (Phi) is 5.11. The minimum atomic E-state index is 0.308. The van der Waals surface area contributed by atoms with Gasteiger partial charge in [0.25, 0.3) is 0 Å². The number of aryl methyl sites for hydroxylation is 1. The van der Waals surface area contributed by atoms with Gasteiger partial charge in [-0.15, -0.1) is 0 Å². The van der Waals surface area contributed by atoms with Crippen LogP contribution in [0.2, 0.25) is 0 Å². The lowest BCUT2D eigenvalue weighted by Crippen LogP contribution is -2.52. The Balaban J connectivity index is 2.28. The van der Waals surface area contributed by atoms with Crippen LogP contribution >= 0.6 is 0 Å². The van der Waals surface area contributed by atoms with Crippen molar-refractivity contribution in [3.8, 4) is 0 Å². The van der Waals surface area contributed by atoms with Crippen molar-refractivity contribution in [2.45, 2.75) is 65.6 Å². The summed E-state index contributed by atoms with van der Waals surface area (Å²) >= 11 is 0. The summed E-state index contributed by atoms with van der Waals surface area (Å²) in [5.74, 6) is 0. The van der Waals surface area contributed by atoms with Crippen LogP contribution in [0.5, 0.6) is 0 Å². The van der Waals surface area contributed by atoms with Crippen LogP contribution in [0.25, 0.3) is 0 Å². The van der Waals surface area contributed by atoms with E-state index in [0.717, 1.165) is 6.54 Å². The third-order valence-corrected chi connectivity index (χ3v) is 5.30. The molecule has 1 aliphatic rings. The number of benzene rings is 1. The van der Waals surface area contributed by atoms with Gasteiger partial charge in [-0.05, 0) is 49.9 Å². The average molecular weight is 288 g/mol. The molecule has 0 saturated heterocycles. The van der Waals surface area contributed by atoms with Crippen LogP contribution in [0.4, 0.5) is 0 Å². The van der Waals surface area contributed by atoms with Crippen LogP contribution < -0.4 is 5.32 Å². The standard InChI is InChI=1S/C19H32N2/c1-7-20-18-16-11-9-8-10-15(16)12-13-17(18)21(6)14(2)19(3,4)5/h8-11,14,17-18,20H,7,12-13H2,1-6H3. The first-order chi connectivity index (χ1) is 9.86. The fourth-order valence-electron chi connectivity index (χ4n) is 3.55. The zero-order chi connectivity index (χ0) is 15.6. The van der Waals surface area contributed by atoms with Crippen molar-refractivity contribution in [2.75, 3.05) is 13.6 Å². The van der Waals surface area contributed by atoms with Crippen molar-refractivity contribution in [1.29, 1.82) is 0 Å². The molecule has 0 aliphatic heterocycles. The molecule has 3 atom stereocenters. The van der Waals surface area contributed by atoms with Crippen molar-refractivity contribution >= 4 is 0 Å². The molecule has 2 heteroatoms. The van der Waals surface area contributed by atoms with Crippen LogP contribution in [-0.4, -0.2) is 30.6 Å². The molecule has 0 radical (unpaired) electrons. The number of rotatable bonds is 4. The number of likely N-dealkylation sites (N-methyl/N-ethyl adjacent to an activating group) is 2. The van der Waals surface area contributed by atoms with Crippen LogP contribution in [0, 0.1) is 5.41 Å². The van der Waals surface area contributed by atoms with E-state index in [2.05, 4.69) is 76.1 Å². The number of hydrogen-bond donors (Lipinski definition) is 1. The van der Waals surface area contributed by atoms with E-state index in [1.807, 2.05) is 0 Å². The molecule has 0 fully saturated rings. The topological polar surface area (TPSA) is 15.3 Å². The van der Waals surface area contributed by atoms with E-state index in [9.17, 15) is 0 Å². The van der Waals surface area contributed by atoms with Gasteiger partial charge in [-0.25, -0.2) is 0 Å². The van der Waals surface area contributed by atoms with Crippen LogP contribution in [0.1, 0.15) is 58.2 Å². The summed E-state index contributed by atoms with van der Waals surface area (Å²) in [6.07, 6.45) is 2.44. The maximum Gasteiger partial charge on any atom is 0.0480 e. The number of nitrogens with one attached hydrogen (secondary N) is 1. The molecule has 1 N–H and O–H groups in total. The minimum absolute atomic E-state index is 0.308. The quantitative estimate of drug-likeness (QED) is 0.900. The van der Waals surface area contributed by atoms with E-state index < -0.39 is 0 Å². The summed E-state index contributed by atoms with van der Waals surface area (Å²) in [5.41, 5.74) is 3.34. The smallest absolute Gasteiger partial charge is 0.0480 e. The van der Waals surface area contributed by atoms with E-state index in [0.29, 0.717) is 23.5 Å². The van der Waals surface area contributed by atoms with Gasteiger partial charge in [-0.3, -0.25) is 4.90 Å². The first-order valence-corrected chi connectivity index (χ1v) is 8.39. The fourth-order valence-corrected chi connectivity index (χ4v) is 3.55. The number of hydrogen-bond acceptors (Lipinski definition) is 2. The van der Waals surface area contributed by atoms with Gasteiger partial charge in [-0.2, -0.15) is 0 Å². The van der Waals surface area contributed by atoms with Gasteiger partial charge in [0.2, 0.25) is 0 Å². The van der Waals surface area contributed by atoms with Gasteiger partial charge in [-0.1, -0.05) is 52.0 Å². The van der Waals surface area contributed by atoms with Gasteiger partial charge in [0.05, 0.1) is 0 Å². The average Bonchev–Trinajstić information content (AvgIpc) is 2.45. The fraction of sp³-hybridized carbons (Fsp3) is 0.684. The lowest BCUT2D eigenvalue weighted by atomic mass is 9.80. The lowest BCUT2D eigenvalue weighted by Gasteiger charge is -2.45. The van der Waals surface area contributed by atoms with Crippen molar-refractivity contribution in [3.63, 3.8) is 0 Å². The van der Waals surface area contributed by atoms with Gasteiger partial charge in [0.15, 0.2) is 0 Å². The largest absolute Gasteiger partial charge is 0.309 e. The Morgan fingerprint density at radius 3 is 2.57 bits per heavy atom. The van der Waals surface area contributed by atoms with E-state index in [1.54, 1.807) is 0 Å². The Hall–Kier alpha value is -0.860. The third-order valence-electron chi connectivity index (χ3n) is 5.30. The lowest BCUT2D eigenvalue weighted by molar-refractivity contribution is 0.0687. The van der Waals surface area contributed by atoms with Gasteiger partial charge in [0, 0.05) is 18.1 Å². The Morgan fingerprint density at radius 1 is 1.29 bits per heavy atom. The van der Waals surface area contributed by atoms with Gasteiger partial charge < -0.3 is 5.32 Å². The van der Waals surface area contributed by atoms with Crippen molar-refractivity contribution in [1.82, 2.24) is 10.2 Å². The monoisotopic (exact) mass is 288 g/mol. The summed E-state index contributed by atoms with van der Waals surface area (Å²) in [7, 11) is 2.30. The highest BCUT2D eigenvalue weighted by molar-refractivity contribution is 5.34. The molecule has 0 heterocycles. The van der Waals surface area contributed by atoms with E-state index in [-0.39, 0.29) is 0 Å². The highest BCUT2D eigenvalue weighted by Crippen LogP contribution is 2.35. The Labute approximate surface area is 130 Å². The molecular weight excluding hydrogens is 256 g/mol. The zero-order valence-corrected chi connectivity index (χ0v) is 14.6. The molecule has 1 aliphatic carbocycles. The summed E-state index contributed by atoms with van der Waals surface area (Å²) in [6.45, 7) is 12.6. The first-order valence-electron chi connectivity index (χ1n) is 8.39. The summed E-state index contributed by atoms with van der Waals surface area (Å²) < 4.78 is 0. The number of fused-ring (bicyclic) bond motifs is 1. The van der Waals surface area contributed by atoms with Crippen molar-refractivity contribution in [3.05, 3.63) is 35.4 Å². The molecule has 0 aromatic heterocycles. The third kappa shape index (κ3) is 3.49. The predicted molar refractivity (Wildman–Crippen MR) is 91.6 cm³/mol. The molecule has 1 aromatic rings. The molecule has 3 unspecified atom stereocenters. The van der Waals surface area contributed by atoms with Crippen LogP contribution in [-0.2, 0) is 6.42 Å². The second-order valence-electron chi connectivity index (χ2n) is 7.55. The highest BCUT2D eigenvalue weighted by Gasteiger charge is 2.36. The van der Waals surface area contributed by atoms with Gasteiger partial charge >= 0.3 is 0 Å². The zero-order valence-electron chi connectivity index (χ0n) is 14.6. The molecule has 21 heavy (non-hydrogen) atoms. The van der Waals surface area contributed by atoms with Crippen molar-refractivity contribution < 1.29 is 0 Å². The summed E-state index contributed by atoms with van der Waals surface area (Å²) in [4.78, 5) is 2.60. The molecule has 2 rings (SSSR count). The molecular formula is C19H32N2. The van der Waals surface area contributed by atoms with Crippen LogP contribution in [0.15, 0.2) is 24.3 Å². The Morgan fingerprint density at radius 2 is 1.95 bits per heavy atom. The second-order valence-corrected chi connectivity index (χ2v) is 7.55. The number of nitrogens with zero attached hydrogens (tertiary/aromatic N) is 1. The molecule has 0 saturated carbocycles. The highest BCUT2D eigenvalue weighted by atomic mass is 15.2. The van der Waals surface area contributed by atoms with Crippen molar-refractivity contribution in [2.24, 2.45) is 5.41 Å². The molecule has 118 valence electrons. The predicted octanol–water partition coefficient (Wildman–Crippen LogP) is 4.02. The van der Waals surface area contributed by atoms with E-state index in [1.165, 1.54) is 24.0 Å². The van der Waals surface area contributed by atoms with Gasteiger partial charge in [0.1, 0.15) is 0 Å². The second kappa shape index (κ2) is 6.50. The summed E-state index contributed by atoms with van der Waals surface area (Å²) in [6, 6.07) is 10.5. The first kappa shape index (κ1) is 16.5. The molecule has 0 bridgehead atoms. The van der Waals surface area contributed by atoms with E-state index in [4.69, 9.17) is 0 Å². The SMILES string of the molecule is CCNC1c2ccccc2CCC1N(C)C(C)C(C)(C)C. The van der Waals surface area contributed by atoms with Crippen LogP contribution in [0.3, 0.4) is 0 Å².